The Kier molecular flexibility index (Phi) is 7.71. The van der Waals surface area contributed by atoms with E-state index in [0.29, 0.717) is 27.5 Å². The van der Waals surface area contributed by atoms with Crippen LogP contribution in [0, 0.1) is 5.92 Å². The second kappa shape index (κ2) is 10.9. The second-order valence-corrected chi connectivity index (χ2v) is 9.45. The van der Waals surface area contributed by atoms with Gasteiger partial charge in [0.1, 0.15) is 12.4 Å². The van der Waals surface area contributed by atoms with Gasteiger partial charge in [-0.3, -0.25) is 9.36 Å². The van der Waals surface area contributed by atoms with Crippen molar-refractivity contribution < 1.29 is 9.53 Å². The number of carbonyl (C=O) groups is 1. The number of carbonyl (C=O) groups excluding carboxylic acids is 1. The first-order valence-electron chi connectivity index (χ1n) is 10.9. The van der Waals surface area contributed by atoms with E-state index < -0.39 is 0 Å². The Labute approximate surface area is 197 Å². The van der Waals surface area contributed by atoms with Crippen molar-refractivity contribution in [2.24, 2.45) is 5.92 Å². The summed E-state index contributed by atoms with van der Waals surface area (Å²) in [5.41, 5.74) is 0.916. The molecule has 1 fully saturated rings. The average Bonchev–Trinajstić information content (AvgIpc) is 3.22. The number of rotatable bonds is 8. The molecule has 1 aliphatic carbocycles. The first kappa shape index (κ1) is 22.7. The number of ether oxygens (including phenoxy) is 1. The molecule has 8 heteroatoms. The topological polar surface area (TPSA) is 69.0 Å². The average molecular weight is 471 g/mol. The van der Waals surface area contributed by atoms with E-state index in [1.807, 2.05) is 53.1 Å². The van der Waals surface area contributed by atoms with Crippen molar-refractivity contribution in [2.45, 2.75) is 50.4 Å². The van der Waals surface area contributed by atoms with Gasteiger partial charge in [0.25, 0.3) is 0 Å². The summed E-state index contributed by atoms with van der Waals surface area (Å²) in [7, 11) is 0. The van der Waals surface area contributed by atoms with E-state index in [2.05, 4.69) is 22.4 Å². The number of nitrogens with zero attached hydrogens (tertiary/aromatic N) is 3. The highest BCUT2D eigenvalue weighted by atomic mass is 35.5. The van der Waals surface area contributed by atoms with Gasteiger partial charge in [-0.25, -0.2) is 0 Å². The SMILES string of the molecule is CC1CCC(NC(=O)CSc2nnc(COc3ccccc3Cl)n2-c2ccccc2)CC1. The third-order valence-corrected chi connectivity index (χ3v) is 6.86. The number of thioether (sulfide) groups is 1. The minimum Gasteiger partial charge on any atom is -0.484 e. The Balaban J connectivity index is 1.44. The molecule has 4 rings (SSSR count). The lowest BCUT2D eigenvalue weighted by atomic mass is 9.87. The number of nitrogens with one attached hydrogen (secondary N) is 1. The molecule has 32 heavy (non-hydrogen) atoms. The molecular formula is C24H27ClN4O2S. The van der Waals surface area contributed by atoms with E-state index in [1.165, 1.54) is 24.6 Å². The van der Waals surface area contributed by atoms with Gasteiger partial charge in [-0.05, 0) is 55.9 Å². The van der Waals surface area contributed by atoms with Gasteiger partial charge < -0.3 is 10.1 Å². The Bertz CT molecular complexity index is 1040. The third-order valence-electron chi connectivity index (χ3n) is 5.62. The van der Waals surface area contributed by atoms with E-state index in [1.54, 1.807) is 6.07 Å². The predicted molar refractivity (Wildman–Crippen MR) is 127 cm³/mol. The van der Waals surface area contributed by atoms with Crippen molar-refractivity contribution >= 4 is 29.3 Å². The van der Waals surface area contributed by atoms with Crippen LogP contribution in [-0.4, -0.2) is 32.5 Å². The quantitative estimate of drug-likeness (QED) is 0.453. The first-order chi connectivity index (χ1) is 15.6. The van der Waals surface area contributed by atoms with Crippen LogP contribution in [0.15, 0.2) is 59.8 Å². The fourth-order valence-electron chi connectivity index (χ4n) is 3.83. The molecule has 3 aromatic rings. The number of aromatic nitrogens is 3. The zero-order chi connectivity index (χ0) is 22.3. The molecule has 1 heterocycles. The van der Waals surface area contributed by atoms with Gasteiger partial charge >= 0.3 is 0 Å². The normalized spacial score (nSPS) is 18.3. The number of hydrogen-bond acceptors (Lipinski definition) is 5. The van der Waals surface area contributed by atoms with Crippen LogP contribution in [0.5, 0.6) is 5.75 Å². The van der Waals surface area contributed by atoms with E-state index in [4.69, 9.17) is 16.3 Å². The summed E-state index contributed by atoms with van der Waals surface area (Å²) in [5, 5.41) is 13.0. The fraction of sp³-hybridized carbons (Fsp3) is 0.375. The second-order valence-electron chi connectivity index (χ2n) is 8.10. The maximum Gasteiger partial charge on any atom is 0.230 e. The van der Waals surface area contributed by atoms with Gasteiger partial charge in [0, 0.05) is 11.7 Å². The smallest absolute Gasteiger partial charge is 0.230 e. The van der Waals surface area contributed by atoms with Crippen molar-refractivity contribution in [1.82, 2.24) is 20.1 Å². The zero-order valence-corrected chi connectivity index (χ0v) is 19.6. The van der Waals surface area contributed by atoms with Crippen LogP contribution >= 0.6 is 23.4 Å². The van der Waals surface area contributed by atoms with E-state index in [9.17, 15) is 4.79 Å². The van der Waals surface area contributed by atoms with Gasteiger partial charge in [0.05, 0.1) is 10.8 Å². The molecule has 1 N–H and O–H groups in total. The lowest BCUT2D eigenvalue weighted by Gasteiger charge is -2.26. The molecule has 0 atom stereocenters. The highest BCUT2D eigenvalue weighted by molar-refractivity contribution is 7.99. The van der Waals surface area contributed by atoms with Gasteiger partial charge in [-0.1, -0.05) is 60.6 Å². The van der Waals surface area contributed by atoms with Crippen LogP contribution in [0.4, 0.5) is 0 Å². The molecule has 1 aliphatic rings. The summed E-state index contributed by atoms with van der Waals surface area (Å²) in [4.78, 5) is 12.5. The van der Waals surface area contributed by atoms with E-state index in [-0.39, 0.29) is 18.6 Å². The molecule has 2 aromatic carbocycles. The van der Waals surface area contributed by atoms with Gasteiger partial charge in [0.2, 0.25) is 5.91 Å². The van der Waals surface area contributed by atoms with Crippen LogP contribution < -0.4 is 10.1 Å². The Morgan fingerprint density at radius 1 is 1.09 bits per heavy atom. The van der Waals surface area contributed by atoms with Crippen LogP contribution in [-0.2, 0) is 11.4 Å². The number of hydrogen-bond donors (Lipinski definition) is 1. The number of benzene rings is 2. The van der Waals surface area contributed by atoms with Crippen molar-refractivity contribution in [3.05, 3.63) is 65.4 Å². The number of amides is 1. The van der Waals surface area contributed by atoms with Crippen LogP contribution in [0.25, 0.3) is 5.69 Å². The summed E-state index contributed by atoms with van der Waals surface area (Å²) < 4.78 is 7.82. The van der Waals surface area contributed by atoms with Gasteiger partial charge in [-0.15, -0.1) is 10.2 Å². The molecule has 0 radical (unpaired) electrons. The summed E-state index contributed by atoms with van der Waals surface area (Å²) in [6, 6.07) is 17.4. The lowest BCUT2D eigenvalue weighted by molar-refractivity contribution is -0.119. The summed E-state index contributed by atoms with van der Waals surface area (Å²) in [6.45, 7) is 2.48. The largest absolute Gasteiger partial charge is 0.484 e. The molecular weight excluding hydrogens is 444 g/mol. The standard InChI is InChI=1S/C24H27ClN4O2S/c1-17-11-13-18(14-12-17)26-23(30)16-32-24-28-27-22(29(24)19-7-3-2-4-8-19)15-31-21-10-6-5-9-20(21)25/h2-10,17-18H,11-16H2,1H3,(H,26,30). The molecule has 0 aliphatic heterocycles. The molecule has 0 spiro atoms. The highest BCUT2D eigenvalue weighted by Gasteiger charge is 2.21. The predicted octanol–water partition coefficient (Wildman–Crippen LogP) is 5.29. The molecule has 0 bridgehead atoms. The monoisotopic (exact) mass is 470 g/mol. The van der Waals surface area contributed by atoms with E-state index >= 15 is 0 Å². The Morgan fingerprint density at radius 3 is 2.56 bits per heavy atom. The van der Waals surface area contributed by atoms with Crippen molar-refractivity contribution in [2.75, 3.05) is 5.75 Å². The molecule has 1 saturated carbocycles. The minimum atomic E-state index is 0.0334. The maximum absolute atomic E-state index is 12.5. The molecule has 168 valence electrons. The molecule has 6 nitrogen and oxygen atoms in total. The van der Waals surface area contributed by atoms with Crippen LogP contribution in [0.2, 0.25) is 5.02 Å². The fourth-order valence-corrected chi connectivity index (χ4v) is 4.80. The summed E-state index contributed by atoms with van der Waals surface area (Å²) in [6.07, 6.45) is 4.47. The molecule has 1 aromatic heterocycles. The summed E-state index contributed by atoms with van der Waals surface area (Å²) >= 11 is 7.59. The van der Waals surface area contributed by atoms with Crippen molar-refractivity contribution in [1.29, 1.82) is 0 Å². The first-order valence-corrected chi connectivity index (χ1v) is 12.3. The van der Waals surface area contributed by atoms with Crippen LogP contribution in [0.1, 0.15) is 38.4 Å². The summed E-state index contributed by atoms with van der Waals surface area (Å²) in [5.74, 6) is 2.31. The molecule has 0 saturated heterocycles. The van der Waals surface area contributed by atoms with Crippen molar-refractivity contribution in [3.63, 3.8) is 0 Å². The van der Waals surface area contributed by atoms with Gasteiger partial charge in [0.15, 0.2) is 11.0 Å². The third kappa shape index (κ3) is 5.84. The minimum absolute atomic E-state index is 0.0334. The lowest BCUT2D eigenvalue weighted by Crippen LogP contribution is -2.38. The Hall–Kier alpha value is -2.51. The Morgan fingerprint density at radius 2 is 1.81 bits per heavy atom. The van der Waals surface area contributed by atoms with Crippen molar-refractivity contribution in [3.8, 4) is 11.4 Å². The number of para-hydroxylation sites is 2. The van der Waals surface area contributed by atoms with E-state index in [0.717, 1.165) is 24.4 Å². The molecule has 1 amide bonds. The molecule has 0 unspecified atom stereocenters. The highest BCUT2D eigenvalue weighted by Crippen LogP contribution is 2.27. The number of halogens is 1. The van der Waals surface area contributed by atoms with Crippen LogP contribution in [0.3, 0.4) is 0 Å². The van der Waals surface area contributed by atoms with Gasteiger partial charge in [-0.2, -0.15) is 0 Å². The maximum atomic E-state index is 12.5. The zero-order valence-electron chi connectivity index (χ0n) is 18.0.